The summed E-state index contributed by atoms with van der Waals surface area (Å²) in [5.41, 5.74) is 0. The topological polar surface area (TPSA) is 71.4 Å². The third kappa shape index (κ3) is 13.4. The maximum atomic E-state index is 10.3. The molecule has 0 radical (unpaired) electrons. The second-order valence-electron chi connectivity index (χ2n) is 4.03. The molecular formula is C11H22O4S. The van der Waals surface area contributed by atoms with Gasteiger partial charge in [0, 0.05) is 12.2 Å². The van der Waals surface area contributed by atoms with E-state index >= 15 is 0 Å². The van der Waals surface area contributed by atoms with Crippen molar-refractivity contribution in [3.8, 4) is 0 Å². The number of rotatable bonds is 11. The van der Waals surface area contributed by atoms with Crippen LogP contribution in [0, 0.1) is 0 Å². The first kappa shape index (κ1) is 15.4. The predicted octanol–water partition coefficient (Wildman–Crippen LogP) is 2.19. The lowest BCUT2D eigenvalue weighted by molar-refractivity contribution is -0.137. The van der Waals surface area contributed by atoms with Crippen molar-refractivity contribution in [1.29, 1.82) is 0 Å². The van der Waals surface area contributed by atoms with Gasteiger partial charge in [-0.3, -0.25) is 4.79 Å². The average Bonchev–Trinajstić information content (AvgIpc) is 2.20. The minimum Gasteiger partial charge on any atom is -0.481 e. The standard InChI is InChI=1S/C11H22O4S/c12-11(13)9-7-5-3-1-2-4-6-8-10-16(14)15/h16H,1-10H2,(H,12,13). The summed E-state index contributed by atoms with van der Waals surface area (Å²) >= 11 is 0. The Hall–Kier alpha value is -0.580. The van der Waals surface area contributed by atoms with Gasteiger partial charge in [0.1, 0.15) is 10.7 Å². The number of unbranched alkanes of at least 4 members (excludes halogenated alkanes) is 7. The zero-order valence-corrected chi connectivity index (χ0v) is 10.6. The van der Waals surface area contributed by atoms with Crippen molar-refractivity contribution in [3.05, 3.63) is 0 Å². The minimum atomic E-state index is -2.19. The van der Waals surface area contributed by atoms with Crippen molar-refractivity contribution >= 4 is 16.7 Å². The maximum Gasteiger partial charge on any atom is 0.303 e. The number of carboxylic acid groups (broad SMARTS) is 1. The van der Waals surface area contributed by atoms with Crippen LogP contribution in [0.15, 0.2) is 0 Å². The van der Waals surface area contributed by atoms with Gasteiger partial charge < -0.3 is 5.11 Å². The van der Waals surface area contributed by atoms with E-state index in [1.165, 1.54) is 0 Å². The lowest BCUT2D eigenvalue weighted by atomic mass is 10.1. The predicted molar refractivity (Wildman–Crippen MR) is 64.4 cm³/mol. The van der Waals surface area contributed by atoms with E-state index in [9.17, 15) is 13.2 Å². The first-order chi connectivity index (χ1) is 7.63. The van der Waals surface area contributed by atoms with Crippen LogP contribution in [0.3, 0.4) is 0 Å². The third-order valence-electron chi connectivity index (χ3n) is 2.48. The van der Waals surface area contributed by atoms with E-state index in [-0.39, 0.29) is 6.42 Å². The molecule has 0 spiro atoms. The van der Waals surface area contributed by atoms with Crippen molar-refractivity contribution < 1.29 is 18.3 Å². The molecule has 0 aromatic heterocycles. The number of carboxylic acids is 1. The van der Waals surface area contributed by atoms with Crippen molar-refractivity contribution in [2.75, 3.05) is 5.75 Å². The highest BCUT2D eigenvalue weighted by atomic mass is 32.2. The van der Waals surface area contributed by atoms with Gasteiger partial charge in [0.15, 0.2) is 0 Å². The van der Waals surface area contributed by atoms with Gasteiger partial charge in [0.05, 0.1) is 0 Å². The summed E-state index contributed by atoms with van der Waals surface area (Å²) in [7, 11) is -2.19. The molecule has 0 rings (SSSR count). The molecule has 0 aromatic rings. The van der Waals surface area contributed by atoms with Crippen LogP contribution < -0.4 is 0 Å². The Morgan fingerprint density at radius 1 is 0.812 bits per heavy atom. The molecule has 0 aliphatic rings. The Labute approximate surface area is 99.0 Å². The Kier molecular flexibility index (Phi) is 10.5. The van der Waals surface area contributed by atoms with E-state index in [4.69, 9.17) is 5.11 Å². The lowest BCUT2D eigenvalue weighted by Crippen LogP contribution is -1.93. The van der Waals surface area contributed by atoms with Gasteiger partial charge in [-0.15, -0.1) is 0 Å². The van der Waals surface area contributed by atoms with Crippen LogP contribution in [0.1, 0.15) is 57.8 Å². The maximum absolute atomic E-state index is 10.3. The average molecular weight is 250 g/mol. The quantitative estimate of drug-likeness (QED) is 0.435. The van der Waals surface area contributed by atoms with Gasteiger partial charge in [-0.1, -0.05) is 38.5 Å². The molecule has 0 fully saturated rings. The highest BCUT2D eigenvalue weighted by Gasteiger charge is 1.96. The zero-order chi connectivity index (χ0) is 12.2. The SMILES string of the molecule is O=C(O)CCCCCCCCCC[SH](=O)=O. The highest BCUT2D eigenvalue weighted by Crippen LogP contribution is 2.09. The molecule has 0 heterocycles. The van der Waals surface area contributed by atoms with Gasteiger partial charge >= 0.3 is 5.97 Å². The number of hydrogen-bond acceptors (Lipinski definition) is 3. The molecule has 0 unspecified atom stereocenters. The fourth-order valence-corrected chi connectivity index (χ4v) is 2.06. The monoisotopic (exact) mass is 250 g/mol. The van der Waals surface area contributed by atoms with Crippen LogP contribution in [0.5, 0.6) is 0 Å². The van der Waals surface area contributed by atoms with Crippen molar-refractivity contribution in [2.24, 2.45) is 0 Å². The van der Waals surface area contributed by atoms with E-state index in [0.29, 0.717) is 5.75 Å². The second-order valence-corrected chi connectivity index (χ2v) is 5.14. The number of hydrogen-bond donors (Lipinski definition) is 2. The summed E-state index contributed by atoms with van der Waals surface area (Å²) in [5.74, 6) is -0.403. The van der Waals surface area contributed by atoms with Gasteiger partial charge in [-0.2, -0.15) is 0 Å². The van der Waals surface area contributed by atoms with Crippen LogP contribution in [-0.2, 0) is 15.5 Å². The molecule has 4 nitrogen and oxygen atoms in total. The van der Waals surface area contributed by atoms with Gasteiger partial charge in [-0.25, -0.2) is 8.42 Å². The normalized spacial score (nSPS) is 10.8. The molecule has 5 heteroatoms. The van der Waals surface area contributed by atoms with E-state index in [1.54, 1.807) is 0 Å². The van der Waals surface area contributed by atoms with Crippen molar-refractivity contribution in [3.63, 3.8) is 0 Å². The number of carbonyl (C=O) groups is 1. The summed E-state index contributed by atoms with van der Waals surface area (Å²) in [6, 6.07) is 0. The van der Waals surface area contributed by atoms with Crippen molar-refractivity contribution in [2.45, 2.75) is 57.8 Å². The van der Waals surface area contributed by atoms with Crippen LogP contribution in [0.4, 0.5) is 0 Å². The van der Waals surface area contributed by atoms with E-state index in [0.717, 1.165) is 51.4 Å². The molecule has 0 aromatic carbocycles. The molecule has 0 amide bonds. The first-order valence-electron chi connectivity index (χ1n) is 5.96. The fourth-order valence-electron chi connectivity index (χ4n) is 1.58. The smallest absolute Gasteiger partial charge is 0.303 e. The Morgan fingerprint density at radius 3 is 1.69 bits per heavy atom. The summed E-state index contributed by atoms with van der Waals surface area (Å²) in [4.78, 5) is 10.2. The number of aliphatic carboxylic acids is 1. The molecule has 0 atom stereocenters. The van der Waals surface area contributed by atoms with Gasteiger partial charge in [-0.05, 0) is 12.8 Å². The Morgan fingerprint density at radius 2 is 1.25 bits per heavy atom. The summed E-state index contributed by atoms with van der Waals surface area (Å²) in [5, 5.41) is 8.41. The molecule has 0 aliphatic carbocycles. The molecule has 0 bridgehead atoms. The highest BCUT2D eigenvalue weighted by molar-refractivity contribution is 7.72. The Bertz CT molecular complexity index is 240. The first-order valence-corrected chi connectivity index (χ1v) is 7.33. The summed E-state index contributed by atoms with van der Waals surface area (Å²) in [6.07, 6.45) is 8.22. The molecule has 0 saturated carbocycles. The third-order valence-corrected chi connectivity index (χ3v) is 3.16. The summed E-state index contributed by atoms with van der Waals surface area (Å²) in [6.45, 7) is 0. The number of thiol groups is 1. The second kappa shape index (κ2) is 10.9. The van der Waals surface area contributed by atoms with Gasteiger partial charge in [0.25, 0.3) is 0 Å². The van der Waals surface area contributed by atoms with Crippen molar-refractivity contribution in [1.82, 2.24) is 0 Å². The van der Waals surface area contributed by atoms with E-state index in [1.807, 2.05) is 0 Å². The van der Waals surface area contributed by atoms with E-state index < -0.39 is 16.7 Å². The largest absolute Gasteiger partial charge is 0.481 e. The molecule has 1 N–H and O–H groups in total. The molecule has 16 heavy (non-hydrogen) atoms. The van der Waals surface area contributed by atoms with Crippen LogP contribution in [0.2, 0.25) is 0 Å². The van der Waals surface area contributed by atoms with Crippen LogP contribution >= 0.6 is 0 Å². The van der Waals surface area contributed by atoms with Gasteiger partial charge in [0.2, 0.25) is 0 Å². The molecule has 0 aliphatic heterocycles. The fraction of sp³-hybridized carbons (Fsp3) is 0.909. The molecule has 0 saturated heterocycles. The lowest BCUT2D eigenvalue weighted by Gasteiger charge is -2.00. The van der Waals surface area contributed by atoms with E-state index in [2.05, 4.69) is 0 Å². The molecule has 96 valence electrons. The van der Waals surface area contributed by atoms with Crippen LogP contribution in [-0.4, -0.2) is 25.2 Å². The Balaban J connectivity index is 3.01. The zero-order valence-electron chi connectivity index (χ0n) is 9.69. The molecular weight excluding hydrogens is 228 g/mol. The summed E-state index contributed by atoms with van der Waals surface area (Å²) < 4.78 is 20.5. The van der Waals surface area contributed by atoms with Crippen LogP contribution in [0.25, 0.3) is 0 Å². The minimum absolute atomic E-state index is 0.274.